The van der Waals surface area contributed by atoms with Crippen molar-refractivity contribution in [2.45, 2.75) is 4.90 Å². The van der Waals surface area contributed by atoms with Crippen LogP contribution >= 0.6 is 11.6 Å². The Kier molecular flexibility index (Phi) is 5.02. The van der Waals surface area contributed by atoms with Gasteiger partial charge in [-0.15, -0.1) is 0 Å². The monoisotopic (exact) mass is 372 g/mol. The van der Waals surface area contributed by atoms with Crippen molar-refractivity contribution < 1.29 is 12.8 Å². The maximum Gasteiger partial charge on any atom is 0.233 e. The van der Waals surface area contributed by atoms with Crippen molar-refractivity contribution in [3.8, 4) is 0 Å². The molecule has 0 unspecified atom stereocenters. The molecule has 3 rings (SSSR count). The highest BCUT2D eigenvalue weighted by molar-refractivity contribution is 7.95. The van der Waals surface area contributed by atoms with Crippen LogP contribution in [0.25, 0.3) is 5.57 Å². The molecule has 0 saturated heterocycles. The van der Waals surface area contributed by atoms with Crippen molar-refractivity contribution in [1.82, 2.24) is 0 Å². The van der Waals surface area contributed by atoms with E-state index in [2.05, 4.69) is 0 Å². The molecule has 0 heterocycles. The molecule has 0 aliphatic carbocycles. The maximum absolute atomic E-state index is 15.3. The Hall–Kier alpha value is -2.43. The molecule has 2 nitrogen and oxygen atoms in total. The summed E-state index contributed by atoms with van der Waals surface area (Å²) in [5, 5.41) is -0.699. The second-order valence-corrected chi connectivity index (χ2v) is 7.61. The summed E-state index contributed by atoms with van der Waals surface area (Å²) in [6.45, 7) is 0. The van der Waals surface area contributed by atoms with Crippen LogP contribution in [0.4, 0.5) is 4.39 Å². The van der Waals surface area contributed by atoms with Gasteiger partial charge < -0.3 is 0 Å². The summed E-state index contributed by atoms with van der Waals surface area (Å²) in [4.78, 5) is -0.0881. The largest absolute Gasteiger partial charge is 0.233 e. The minimum Gasteiger partial charge on any atom is -0.216 e. The summed E-state index contributed by atoms with van der Waals surface area (Å²) in [5.74, 6) is 0. The molecule has 0 amide bonds. The van der Waals surface area contributed by atoms with E-state index < -0.39 is 15.0 Å². The van der Waals surface area contributed by atoms with Crippen LogP contribution in [0.15, 0.2) is 95.0 Å². The molecular formula is C20H14ClFO2S. The standard InChI is InChI=1S/C20H14ClFO2S/c21-17-13-11-16(12-14-17)19(15-7-3-1-4-8-15)20(22)25(23,24)18-9-5-2-6-10-18/h1-14H/b20-19+. The maximum atomic E-state index is 15.3. The average molecular weight is 373 g/mol. The number of halogens is 2. The second-order valence-electron chi connectivity index (χ2n) is 5.34. The molecule has 0 aromatic heterocycles. The average Bonchev–Trinajstić information content (AvgIpc) is 2.65. The molecule has 0 bridgehead atoms. The van der Waals surface area contributed by atoms with Gasteiger partial charge in [-0.1, -0.05) is 72.3 Å². The van der Waals surface area contributed by atoms with Crippen LogP contribution in [0.1, 0.15) is 11.1 Å². The molecule has 126 valence electrons. The van der Waals surface area contributed by atoms with E-state index >= 15 is 4.39 Å². The molecule has 0 spiro atoms. The molecule has 0 fully saturated rings. The van der Waals surface area contributed by atoms with E-state index in [1.807, 2.05) is 0 Å². The van der Waals surface area contributed by atoms with Gasteiger partial charge in [-0.25, -0.2) is 8.42 Å². The lowest BCUT2D eigenvalue weighted by Crippen LogP contribution is -2.05. The molecule has 0 radical (unpaired) electrons. The summed E-state index contributed by atoms with van der Waals surface area (Å²) in [6.07, 6.45) is 0. The zero-order chi connectivity index (χ0) is 17.9. The Balaban J connectivity index is 2.26. The SMILES string of the molecule is O=S(=O)(/C(F)=C(\c1ccccc1)c1ccc(Cl)cc1)c1ccccc1. The van der Waals surface area contributed by atoms with Crippen LogP contribution in [-0.2, 0) is 9.84 Å². The van der Waals surface area contributed by atoms with Crippen LogP contribution in [0.5, 0.6) is 0 Å². The highest BCUT2D eigenvalue weighted by Gasteiger charge is 2.26. The Morgan fingerprint density at radius 2 is 1.20 bits per heavy atom. The Bertz CT molecular complexity index is 997. The summed E-state index contributed by atoms with van der Waals surface area (Å²) < 4.78 is 40.7. The van der Waals surface area contributed by atoms with Gasteiger partial charge in [0.1, 0.15) is 0 Å². The van der Waals surface area contributed by atoms with Crippen molar-refractivity contribution in [1.29, 1.82) is 0 Å². The van der Waals surface area contributed by atoms with E-state index in [-0.39, 0.29) is 10.5 Å². The summed E-state index contributed by atoms with van der Waals surface area (Å²) in [6, 6.07) is 22.5. The van der Waals surface area contributed by atoms with E-state index in [0.717, 1.165) is 0 Å². The van der Waals surface area contributed by atoms with Crippen LogP contribution in [0.2, 0.25) is 5.02 Å². The molecule has 3 aromatic rings. The fourth-order valence-corrected chi connectivity index (χ4v) is 3.81. The van der Waals surface area contributed by atoms with Crippen molar-refractivity contribution in [2.75, 3.05) is 0 Å². The molecule has 0 N–H and O–H groups in total. The Morgan fingerprint density at radius 3 is 1.76 bits per heavy atom. The molecule has 0 aliphatic rings. The zero-order valence-corrected chi connectivity index (χ0v) is 14.6. The van der Waals surface area contributed by atoms with Gasteiger partial charge in [0.2, 0.25) is 15.0 Å². The fourth-order valence-electron chi connectivity index (χ4n) is 2.45. The summed E-state index contributed by atoms with van der Waals surface area (Å²) in [7, 11) is -4.26. The second kappa shape index (κ2) is 7.21. The van der Waals surface area contributed by atoms with E-state index in [0.29, 0.717) is 16.1 Å². The van der Waals surface area contributed by atoms with Gasteiger partial charge in [0.15, 0.2) is 0 Å². The van der Waals surface area contributed by atoms with E-state index in [9.17, 15) is 8.42 Å². The lowest BCUT2D eigenvalue weighted by molar-refractivity contribution is 0.578. The van der Waals surface area contributed by atoms with Crippen LogP contribution < -0.4 is 0 Å². The minimum atomic E-state index is -4.26. The van der Waals surface area contributed by atoms with Gasteiger partial charge in [-0.05, 0) is 35.4 Å². The van der Waals surface area contributed by atoms with Crippen molar-refractivity contribution in [2.24, 2.45) is 0 Å². The van der Waals surface area contributed by atoms with Gasteiger partial charge in [-0.3, -0.25) is 0 Å². The predicted octanol–water partition coefficient (Wildman–Crippen LogP) is 5.50. The van der Waals surface area contributed by atoms with Gasteiger partial charge in [0, 0.05) is 10.6 Å². The van der Waals surface area contributed by atoms with Gasteiger partial charge >= 0.3 is 0 Å². The smallest absolute Gasteiger partial charge is 0.216 e. The number of hydrogen-bond acceptors (Lipinski definition) is 2. The van der Waals surface area contributed by atoms with E-state index in [1.165, 1.54) is 12.1 Å². The molecule has 25 heavy (non-hydrogen) atoms. The fraction of sp³-hybridized carbons (Fsp3) is 0. The number of rotatable bonds is 4. The third-order valence-corrected chi connectivity index (χ3v) is 5.50. The molecule has 0 atom stereocenters. The van der Waals surface area contributed by atoms with Crippen molar-refractivity contribution in [3.63, 3.8) is 0 Å². The third kappa shape index (κ3) is 3.65. The molecule has 0 saturated carbocycles. The lowest BCUT2D eigenvalue weighted by Gasteiger charge is -2.12. The van der Waals surface area contributed by atoms with Crippen molar-refractivity contribution >= 4 is 27.0 Å². The van der Waals surface area contributed by atoms with Gasteiger partial charge in [0.05, 0.1) is 4.90 Å². The first-order valence-electron chi connectivity index (χ1n) is 7.51. The summed E-state index contributed by atoms with van der Waals surface area (Å²) in [5.41, 5.74) is 0.926. The Morgan fingerprint density at radius 1 is 0.720 bits per heavy atom. The first kappa shape index (κ1) is 17.4. The van der Waals surface area contributed by atoms with Gasteiger partial charge in [0.25, 0.3) is 0 Å². The number of benzene rings is 3. The Labute approximate surface area is 151 Å². The van der Waals surface area contributed by atoms with Crippen molar-refractivity contribution in [3.05, 3.63) is 106 Å². The summed E-state index contributed by atoms with van der Waals surface area (Å²) >= 11 is 5.90. The van der Waals surface area contributed by atoms with Crippen LogP contribution in [0.3, 0.4) is 0 Å². The van der Waals surface area contributed by atoms with Crippen LogP contribution in [0, 0.1) is 0 Å². The number of hydrogen-bond donors (Lipinski definition) is 0. The molecule has 3 aromatic carbocycles. The lowest BCUT2D eigenvalue weighted by atomic mass is 9.99. The normalized spacial score (nSPS) is 12.6. The molecule has 5 heteroatoms. The van der Waals surface area contributed by atoms with E-state index in [1.54, 1.807) is 72.8 Å². The van der Waals surface area contributed by atoms with Crippen LogP contribution in [-0.4, -0.2) is 8.42 Å². The molecular weight excluding hydrogens is 359 g/mol. The minimum absolute atomic E-state index is 0.0149. The third-order valence-electron chi connectivity index (χ3n) is 3.68. The predicted molar refractivity (Wildman–Crippen MR) is 98.7 cm³/mol. The molecule has 0 aliphatic heterocycles. The number of sulfone groups is 1. The zero-order valence-electron chi connectivity index (χ0n) is 13.1. The van der Waals surface area contributed by atoms with Gasteiger partial charge in [-0.2, -0.15) is 4.39 Å². The van der Waals surface area contributed by atoms with E-state index in [4.69, 9.17) is 11.6 Å². The first-order chi connectivity index (χ1) is 12.0. The highest BCUT2D eigenvalue weighted by Crippen LogP contribution is 2.33. The quantitative estimate of drug-likeness (QED) is 0.606. The topological polar surface area (TPSA) is 34.1 Å². The first-order valence-corrected chi connectivity index (χ1v) is 9.37. The highest BCUT2D eigenvalue weighted by atomic mass is 35.5.